The quantitative estimate of drug-likeness (QED) is 0.896. The first-order valence-corrected chi connectivity index (χ1v) is 6.05. The molecule has 2 heterocycles. The molecule has 0 spiro atoms. The molecule has 4 nitrogen and oxygen atoms in total. The molecule has 5 heteroatoms. The first kappa shape index (κ1) is 12.3. The van der Waals surface area contributed by atoms with Crippen molar-refractivity contribution in [2.24, 2.45) is 5.92 Å². The number of carbonyl (C=O) groups excluding carboxylic acids is 1. The number of hydrogen-bond acceptors (Lipinski definition) is 3. The van der Waals surface area contributed by atoms with Crippen LogP contribution in [0.1, 0.15) is 23.8 Å². The molecule has 17 heavy (non-hydrogen) atoms. The maximum absolute atomic E-state index is 11.9. The van der Waals surface area contributed by atoms with E-state index in [1.807, 2.05) is 6.92 Å². The minimum Gasteiger partial charge on any atom is -0.381 e. The molecule has 1 aliphatic heterocycles. The van der Waals surface area contributed by atoms with Crippen LogP contribution in [0.3, 0.4) is 0 Å². The standard InChI is InChI=1S/C12H15ClN2O2/c1-8(9-3-5-17-7-9)15-12(16)11-6-10(13)2-4-14-11/h2,4,6,8-9H,3,5,7H2,1H3,(H,15,16). The van der Waals surface area contributed by atoms with Crippen LogP contribution in [0.15, 0.2) is 18.3 Å². The topological polar surface area (TPSA) is 51.2 Å². The number of carbonyl (C=O) groups is 1. The second-order valence-electron chi connectivity index (χ2n) is 4.25. The summed E-state index contributed by atoms with van der Waals surface area (Å²) in [5.74, 6) is 0.199. The summed E-state index contributed by atoms with van der Waals surface area (Å²) in [6, 6.07) is 3.30. The van der Waals surface area contributed by atoms with Crippen LogP contribution in [0.2, 0.25) is 5.02 Å². The molecule has 2 atom stereocenters. The van der Waals surface area contributed by atoms with E-state index < -0.39 is 0 Å². The van der Waals surface area contributed by atoms with Crippen molar-refractivity contribution in [1.29, 1.82) is 0 Å². The first-order chi connectivity index (χ1) is 8.16. The fourth-order valence-corrected chi connectivity index (χ4v) is 2.03. The van der Waals surface area contributed by atoms with E-state index in [1.165, 1.54) is 6.20 Å². The number of nitrogens with zero attached hydrogens (tertiary/aromatic N) is 1. The predicted octanol–water partition coefficient (Wildman–Crippen LogP) is 1.89. The zero-order valence-electron chi connectivity index (χ0n) is 9.65. The van der Waals surface area contributed by atoms with Gasteiger partial charge >= 0.3 is 0 Å². The van der Waals surface area contributed by atoms with Crippen LogP contribution in [-0.2, 0) is 4.74 Å². The van der Waals surface area contributed by atoms with Gasteiger partial charge in [-0.1, -0.05) is 11.6 Å². The minimum absolute atomic E-state index is 0.0887. The van der Waals surface area contributed by atoms with Crippen molar-refractivity contribution in [1.82, 2.24) is 10.3 Å². The summed E-state index contributed by atoms with van der Waals surface area (Å²) in [6.45, 7) is 3.48. The average molecular weight is 255 g/mol. The Labute approximate surface area is 105 Å². The highest BCUT2D eigenvalue weighted by Gasteiger charge is 2.24. The lowest BCUT2D eigenvalue weighted by Crippen LogP contribution is -2.38. The molecule has 92 valence electrons. The van der Waals surface area contributed by atoms with Crippen molar-refractivity contribution in [2.75, 3.05) is 13.2 Å². The van der Waals surface area contributed by atoms with Crippen LogP contribution in [0.25, 0.3) is 0 Å². The fourth-order valence-electron chi connectivity index (χ4n) is 1.87. The van der Waals surface area contributed by atoms with Crippen LogP contribution in [0, 0.1) is 5.92 Å². The molecule has 2 unspecified atom stereocenters. The molecule has 1 saturated heterocycles. The summed E-state index contributed by atoms with van der Waals surface area (Å²) in [5.41, 5.74) is 0.350. The van der Waals surface area contributed by atoms with Crippen LogP contribution < -0.4 is 5.32 Å². The summed E-state index contributed by atoms with van der Waals surface area (Å²) >= 11 is 5.81. The maximum Gasteiger partial charge on any atom is 0.270 e. The van der Waals surface area contributed by atoms with Gasteiger partial charge in [0.2, 0.25) is 0 Å². The monoisotopic (exact) mass is 254 g/mol. The molecule has 0 bridgehead atoms. The SMILES string of the molecule is CC(NC(=O)c1cc(Cl)ccn1)C1CCOC1. The lowest BCUT2D eigenvalue weighted by molar-refractivity contribution is 0.0917. The molecule has 0 saturated carbocycles. The van der Waals surface area contributed by atoms with Crippen LogP contribution in [0.4, 0.5) is 0 Å². The molecule has 2 rings (SSSR count). The number of amides is 1. The Balaban J connectivity index is 1.96. The maximum atomic E-state index is 11.9. The van der Waals surface area contributed by atoms with Crippen molar-refractivity contribution < 1.29 is 9.53 Å². The van der Waals surface area contributed by atoms with Crippen molar-refractivity contribution in [3.05, 3.63) is 29.0 Å². The van der Waals surface area contributed by atoms with Gasteiger partial charge in [0, 0.05) is 29.8 Å². The van der Waals surface area contributed by atoms with Gasteiger partial charge in [0.05, 0.1) is 6.61 Å². The Hall–Kier alpha value is -1.13. The van der Waals surface area contributed by atoms with Crippen molar-refractivity contribution in [3.8, 4) is 0 Å². The summed E-state index contributed by atoms with van der Waals surface area (Å²) < 4.78 is 5.30. The van der Waals surface area contributed by atoms with Gasteiger partial charge in [-0.25, -0.2) is 0 Å². The second kappa shape index (κ2) is 5.47. The van der Waals surface area contributed by atoms with Crippen molar-refractivity contribution >= 4 is 17.5 Å². The zero-order valence-corrected chi connectivity index (χ0v) is 10.4. The third-order valence-corrected chi connectivity index (χ3v) is 3.22. The molecule has 0 aromatic carbocycles. The molecule has 0 aliphatic carbocycles. The highest BCUT2D eigenvalue weighted by atomic mass is 35.5. The number of pyridine rings is 1. The normalized spacial score (nSPS) is 21.2. The number of ether oxygens (including phenoxy) is 1. The molecular weight excluding hydrogens is 240 g/mol. The van der Waals surface area contributed by atoms with E-state index in [-0.39, 0.29) is 11.9 Å². The number of aromatic nitrogens is 1. The number of rotatable bonds is 3. The van der Waals surface area contributed by atoms with Gasteiger partial charge in [0.1, 0.15) is 5.69 Å². The molecule has 1 amide bonds. The van der Waals surface area contributed by atoms with Crippen molar-refractivity contribution in [3.63, 3.8) is 0 Å². The Bertz CT molecular complexity index is 405. The van der Waals surface area contributed by atoms with E-state index in [4.69, 9.17) is 16.3 Å². The van der Waals surface area contributed by atoms with E-state index in [0.29, 0.717) is 23.2 Å². The van der Waals surface area contributed by atoms with Crippen LogP contribution >= 0.6 is 11.6 Å². The Morgan fingerprint density at radius 3 is 3.18 bits per heavy atom. The molecular formula is C12H15ClN2O2. The smallest absolute Gasteiger partial charge is 0.270 e. The van der Waals surface area contributed by atoms with Gasteiger partial charge in [-0.15, -0.1) is 0 Å². The van der Waals surface area contributed by atoms with Gasteiger partial charge < -0.3 is 10.1 Å². The third-order valence-electron chi connectivity index (χ3n) is 2.99. The third kappa shape index (κ3) is 3.17. The molecule has 1 N–H and O–H groups in total. The predicted molar refractivity (Wildman–Crippen MR) is 65.1 cm³/mol. The average Bonchev–Trinajstić information content (AvgIpc) is 2.82. The Morgan fingerprint density at radius 2 is 2.53 bits per heavy atom. The number of halogens is 1. The van der Waals surface area contributed by atoms with E-state index >= 15 is 0 Å². The lowest BCUT2D eigenvalue weighted by Gasteiger charge is -2.18. The molecule has 1 fully saturated rings. The highest BCUT2D eigenvalue weighted by Crippen LogP contribution is 2.17. The molecule has 1 aromatic heterocycles. The van der Waals surface area contributed by atoms with E-state index in [9.17, 15) is 4.79 Å². The summed E-state index contributed by atoms with van der Waals surface area (Å²) in [7, 11) is 0. The molecule has 1 aromatic rings. The van der Waals surface area contributed by atoms with E-state index in [0.717, 1.165) is 13.0 Å². The zero-order chi connectivity index (χ0) is 12.3. The van der Waals surface area contributed by atoms with Crippen molar-refractivity contribution in [2.45, 2.75) is 19.4 Å². The lowest BCUT2D eigenvalue weighted by atomic mass is 10.0. The Morgan fingerprint density at radius 1 is 1.71 bits per heavy atom. The number of hydrogen-bond donors (Lipinski definition) is 1. The Kier molecular flexibility index (Phi) is 3.97. The molecule has 0 radical (unpaired) electrons. The van der Waals surface area contributed by atoms with E-state index in [2.05, 4.69) is 10.3 Å². The highest BCUT2D eigenvalue weighted by molar-refractivity contribution is 6.30. The number of nitrogens with one attached hydrogen (secondary N) is 1. The largest absolute Gasteiger partial charge is 0.381 e. The van der Waals surface area contributed by atoms with Crippen LogP contribution in [-0.4, -0.2) is 30.1 Å². The second-order valence-corrected chi connectivity index (χ2v) is 4.68. The van der Waals surface area contributed by atoms with Crippen LogP contribution in [0.5, 0.6) is 0 Å². The summed E-state index contributed by atoms with van der Waals surface area (Å²) in [4.78, 5) is 15.9. The fraction of sp³-hybridized carbons (Fsp3) is 0.500. The summed E-state index contributed by atoms with van der Waals surface area (Å²) in [6.07, 6.45) is 2.52. The van der Waals surface area contributed by atoms with Gasteiger partial charge in [-0.2, -0.15) is 0 Å². The van der Waals surface area contributed by atoms with E-state index in [1.54, 1.807) is 12.1 Å². The van der Waals surface area contributed by atoms with Gasteiger partial charge in [-0.05, 0) is 25.5 Å². The van der Waals surface area contributed by atoms with Gasteiger partial charge in [0.15, 0.2) is 0 Å². The summed E-state index contributed by atoms with van der Waals surface area (Å²) in [5, 5.41) is 3.44. The first-order valence-electron chi connectivity index (χ1n) is 5.67. The minimum atomic E-state index is -0.188. The van der Waals surface area contributed by atoms with Gasteiger partial charge in [0.25, 0.3) is 5.91 Å². The molecule has 1 aliphatic rings. The van der Waals surface area contributed by atoms with Gasteiger partial charge in [-0.3, -0.25) is 9.78 Å².